The number of rotatable bonds is 7. The van der Waals surface area contributed by atoms with Gasteiger partial charge in [-0.1, -0.05) is 29.8 Å². The quantitative estimate of drug-likeness (QED) is 0.302. The lowest BCUT2D eigenvalue weighted by atomic mass is 10.0. The van der Waals surface area contributed by atoms with Crippen LogP contribution in [0.4, 0.5) is 5.82 Å². The standard InChI is InChI=1S/C22H25N7O2/c1-14-5-7-15(8-6-14)18-17(11-16(12-23)22(31)27-28(2)3)29(9-4-10-30)21-19(18)20(24)25-13-26-21/h5-8,11,13,30H,4,9-10H2,1-3H3,(H,27,31)(H2,24,25,26). The number of hydrogen-bond donors (Lipinski definition) is 3. The number of aliphatic hydroxyl groups is 1. The van der Waals surface area contributed by atoms with E-state index in [9.17, 15) is 15.2 Å². The van der Waals surface area contributed by atoms with Crippen LogP contribution in [0.5, 0.6) is 0 Å². The number of hydrogen-bond acceptors (Lipinski definition) is 7. The molecule has 3 aromatic rings. The van der Waals surface area contributed by atoms with Crippen molar-refractivity contribution in [3.63, 3.8) is 0 Å². The minimum absolute atomic E-state index is 0.0184. The van der Waals surface area contributed by atoms with E-state index in [1.54, 1.807) is 14.1 Å². The van der Waals surface area contributed by atoms with Crippen molar-refractivity contribution >= 4 is 28.8 Å². The molecule has 2 heterocycles. The Morgan fingerprint density at radius 1 is 1.32 bits per heavy atom. The first-order chi connectivity index (χ1) is 14.9. The summed E-state index contributed by atoms with van der Waals surface area (Å²) in [5.41, 5.74) is 12.6. The molecule has 0 fully saturated rings. The van der Waals surface area contributed by atoms with Crippen LogP contribution in [0.15, 0.2) is 36.2 Å². The highest BCUT2D eigenvalue weighted by atomic mass is 16.3. The molecule has 4 N–H and O–H groups in total. The predicted molar refractivity (Wildman–Crippen MR) is 119 cm³/mol. The monoisotopic (exact) mass is 419 g/mol. The van der Waals surface area contributed by atoms with Crippen molar-refractivity contribution < 1.29 is 9.90 Å². The van der Waals surface area contributed by atoms with Crippen molar-refractivity contribution in [3.8, 4) is 17.2 Å². The average molecular weight is 419 g/mol. The molecule has 1 amide bonds. The predicted octanol–water partition coefficient (Wildman–Crippen LogP) is 1.87. The Morgan fingerprint density at radius 2 is 2.03 bits per heavy atom. The van der Waals surface area contributed by atoms with E-state index in [4.69, 9.17) is 5.73 Å². The largest absolute Gasteiger partial charge is 0.396 e. The number of nitriles is 1. The van der Waals surface area contributed by atoms with Crippen molar-refractivity contribution in [2.24, 2.45) is 0 Å². The Bertz CT molecular complexity index is 1170. The van der Waals surface area contributed by atoms with Crippen LogP contribution < -0.4 is 11.2 Å². The third-order valence-corrected chi connectivity index (χ3v) is 4.76. The number of nitrogens with zero attached hydrogens (tertiary/aromatic N) is 5. The lowest BCUT2D eigenvalue weighted by molar-refractivity contribution is -0.120. The maximum absolute atomic E-state index is 12.5. The summed E-state index contributed by atoms with van der Waals surface area (Å²) in [4.78, 5) is 21.1. The molecule has 9 nitrogen and oxygen atoms in total. The molecule has 1 aromatic carbocycles. The molecule has 0 aliphatic rings. The van der Waals surface area contributed by atoms with Crippen molar-refractivity contribution in [1.82, 2.24) is 25.0 Å². The average Bonchev–Trinajstić information content (AvgIpc) is 3.04. The fourth-order valence-corrected chi connectivity index (χ4v) is 3.38. The van der Waals surface area contributed by atoms with Crippen LogP contribution in [0.25, 0.3) is 28.2 Å². The molecule has 160 valence electrons. The van der Waals surface area contributed by atoms with Crippen LogP contribution in [0.2, 0.25) is 0 Å². The number of fused-ring (bicyclic) bond motifs is 1. The number of nitrogen functional groups attached to an aromatic ring is 1. The number of aliphatic hydroxyl groups excluding tert-OH is 1. The van der Waals surface area contributed by atoms with Gasteiger partial charge in [-0.25, -0.2) is 15.0 Å². The topological polar surface area (TPSA) is 133 Å². The molecular formula is C22H25N7O2. The first kappa shape index (κ1) is 22.0. The summed E-state index contributed by atoms with van der Waals surface area (Å²) in [6.45, 7) is 2.40. The van der Waals surface area contributed by atoms with E-state index >= 15 is 0 Å². The number of benzene rings is 1. The zero-order valence-corrected chi connectivity index (χ0v) is 17.8. The number of aryl methyl sites for hydroxylation is 2. The molecule has 0 bridgehead atoms. The Hall–Kier alpha value is -3.74. The lowest BCUT2D eigenvalue weighted by Crippen LogP contribution is -2.36. The molecule has 0 unspecified atom stereocenters. The van der Waals surface area contributed by atoms with Gasteiger partial charge < -0.3 is 15.4 Å². The first-order valence-electron chi connectivity index (χ1n) is 9.78. The second kappa shape index (κ2) is 9.38. The Kier molecular flexibility index (Phi) is 6.65. The maximum atomic E-state index is 12.5. The third-order valence-electron chi connectivity index (χ3n) is 4.76. The fourth-order valence-electron chi connectivity index (χ4n) is 3.38. The van der Waals surface area contributed by atoms with Gasteiger partial charge in [0.1, 0.15) is 29.4 Å². The minimum atomic E-state index is -0.527. The highest BCUT2D eigenvalue weighted by Gasteiger charge is 2.22. The summed E-state index contributed by atoms with van der Waals surface area (Å²) in [5, 5.41) is 21.2. The number of carbonyl (C=O) groups is 1. The van der Waals surface area contributed by atoms with Gasteiger partial charge in [-0.15, -0.1) is 0 Å². The normalized spacial score (nSPS) is 11.7. The third kappa shape index (κ3) is 4.55. The lowest BCUT2D eigenvalue weighted by Gasteiger charge is -2.12. The van der Waals surface area contributed by atoms with E-state index < -0.39 is 5.91 Å². The smallest absolute Gasteiger partial charge is 0.276 e. The van der Waals surface area contributed by atoms with E-state index in [1.165, 1.54) is 17.4 Å². The van der Waals surface area contributed by atoms with E-state index in [-0.39, 0.29) is 12.2 Å². The molecule has 0 radical (unpaired) electrons. The van der Waals surface area contributed by atoms with E-state index in [2.05, 4.69) is 15.4 Å². The molecule has 0 aliphatic carbocycles. The van der Waals surface area contributed by atoms with Gasteiger partial charge in [0.2, 0.25) is 0 Å². The number of hydrazine groups is 1. The molecular weight excluding hydrogens is 394 g/mol. The summed E-state index contributed by atoms with van der Waals surface area (Å²) in [6, 6.07) is 9.84. The molecule has 0 saturated carbocycles. The number of nitrogens with one attached hydrogen (secondary N) is 1. The molecule has 0 saturated heterocycles. The highest BCUT2D eigenvalue weighted by molar-refractivity contribution is 6.08. The van der Waals surface area contributed by atoms with Gasteiger partial charge in [0.15, 0.2) is 0 Å². The Balaban J connectivity index is 2.36. The van der Waals surface area contributed by atoms with Crippen LogP contribution in [0, 0.1) is 18.3 Å². The first-order valence-corrected chi connectivity index (χ1v) is 9.78. The fraction of sp³-hybridized carbons (Fsp3) is 0.273. The van der Waals surface area contributed by atoms with Gasteiger partial charge in [-0.05, 0) is 25.0 Å². The van der Waals surface area contributed by atoms with Gasteiger partial charge in [0, 0.05) is 32.8 Å². The number of amides is 1. The summed E-state index contributed by atoms with van der Waals surface area (Å²) < 4.78 is 1.86. The summed E-state index contributed by atoms with van der Waals surface area (Å²) in [6.07, 6.45) is 3.38. The summed E-state index contributed by atoms with van der Waals surface area (Å²) in [5.74, 6) is -0.227. The highest BCUT2D eigenvalue weighted by Crippen LogP contribution is 2.38. The Labute approximate surface area is 180 Å². The van der Waals surface area contributed by atoms with Crippen LogP contribution >= 0.6 is 0 Å². The molecule has 0 atom stereocenters. The molecule has 0 spiro atoms. The van der Waals surface area contributed by atoms with Gasteiger partial charge in [-0.3, -0.25) is 10.2 Å². The molecule has 2 aromatic heterocycles. The van der Waals surface area contributed by atoms with Gasteiger partial charge >= 0.3 is 0 Å². The van der Waals surface area contributed by atoms with Crippen LogP contribution in [-0.4, -0.2) is 51.3 Å². The minimum Gasteiger partial charge on any atom is -0.396 e. The van der Waals surface area contributed by atoms with Crippen molar-refractivity contribution in [3.05, 3.63) is 47.4 Å². The van der Waals surface area contributed by atoms with Crippen molar-refractivity contribution in [2.75, 3.05) is 26.4 Å². The van der Waals surface area contributed by atoms with Gasteiger partial charge in [-0.2, -0.15) is 5.26 Å². The van der Waals surface area contributed by atoms with Gasteiger partial charge in [0.05, 0.1) is 11.1 Å². The maximum Gasteiger partial charge on any atom is 0.276 e. The molecule has 9 heteroatoms. The summed E-state index contributed by atoms with van der Waals surface area (Å²) >= 11 is 0. The molecule has 31 heavy (non-hydrogen) atoms. The van der Waals surface area contributed by atoms with Crippen LogP contribution in [0.1, 0.15) is 17.7 Å². The molecule has 0 aliphatic heterocycles. The number of carbonyl (C=O) groups excluding carboxylic acids is 1. The Morgan fingerprint density at radius 3 is 2.65 bits per heavy atom. The molecule has 3 rings (SSSR count). The van der Waals surface area contributed by atoms with Crippen LogP contribution in [0.3, 0.4) is 0 Å². The van der Waals surface area contributed by atoms with E-state index in [0.29, 0.717) is 35.5 Å². The zero-order chi connectivity index (χ0) is 22.5. The van der Waals surface area contributed by atoms with E-state index in [0.717, 1.165) is 16.7 Å². The number of nitrogens with two attached hydrogens (primary N) is 1. The number of aromatic nitrogens is 3. The SMILES string of the molecule is Cc1ccc(-c2c(C=C(C#N)C(=O)NN(C)C)n(CCCO)c3ncnc(N)c23)cc1. The van der Waals surface area contributed by atoms with Gasteiger partial charge in [0.25, 0.3) is 5.91 Å². The second-order valence-corrected chi connectivity index (χ2v) is 7.32. The summed E-state index contributed by atoms with van der Waals surface area (Å²) in [7, 11) is 3.33. The number of anilines is 1. The van der Waals surface area contributed by atoms with E-state index in [1.807, 2.05) is 41.8 Å². The van der Waals surface area contributed by atoms with Crippen molar-refractivity contribution in [1.29, 1.82) is 5.26 Å². The zero-order valence-electron chi connectivity index (χ0n) is 17.8. The van der Waals surface area contributed by atoms with Crippen molar-refractivity contribution in [2.45, 2.75) is 19.9 Å². The second-order valence-electron chi connectivity index (χ2n) is 7.32. The van der Waals surface area contributed by atoms with Crippen LogP contribution in [-0.2, 0) is 11.3 Å².